The quantitative estimate of drug-likeness (QED) is 0.350. The van der Waals surface area contributed by atoms with Gasteiger partial charge in [0.1, 0.15) is 12.1 Å². The molecule has 3 atom stereocenters. The Morgan fingerprint density at radius 2 is 1.46 bits per heavy atom. The van der Waals surface area contributed by atoms with Crippen molar-refractivity contribution in [3.8, 4) is 0 Å². The molecule has 1 aliphatic rings. The zero-order valence-corrected chi connectivity index (χ0v) is 22.7. The van der Waals surface area contributed by atoms with Crippen molar-refractivity contribution < 1.29 is 24.0 Å². The van der Waals surface area contributed by atoms with E-state index in [4.69, 9.17) is 0 Å². The molecule has 10 nitrogen and oxygen atoms in total. The van der Waals surface area contributed by atoms with E-state index in [1.165, 1.54) is 31.5 Å². The summed E-state index contributed by atoms with van der Waals surface area (Å²) in [6.45, 7) is 10.4. The minimum absolute atomic E-state index is 0.0244. The van der Waals surface area contributed by atoms with Crippen molar-refractivity contribution in [1.29, 1.82) is 0 Å². The smallest absolute Gasteiger partial charge is 0.289 e. The minimum Gasteiger partial charge on any atom is -0.347 e. The second kappa shape index (κ2) is 13.3. The van der Waals surface area contributed by atoms with Gasteiger partial charge in [-0.2, -0.15) is 0 Å². The maximum Gasteiger partial charge on any atom is 0.289 e. The number of nitrogens with one attached hydrogen (secondary N) is 4. The van der Waals surface area contributed by atoms with E-state index in [1.54, 1.807) is 34.6 Å². The van der Waals surface area contributed by atoms with E-state index in [0.717, 1.165) is 32.1 Å². The Hall–Kier alpha value is -3.30. The molecule has 0 spiro atoms. The summed E-state index contributed by atoms with van der Waals surface area (Å²) in [5.74, 6) is -3.32. The van der Waals surface area contributed by atoms with Gasteiger partial charge in [0.25, 0.3) is 11.8 Å². The normalized spacial score (nSPS) is 16.7. The number of hydrogen-bond donors (Lipinski definition) is 4. The van der Waals surface area contributed by atoms with E-state index in [9.17, 15) is 24.0 Å². The number of carbonyl (C=O) groups is 5. The number of rotatable bonds is 10. The molecule has 4 N–H and O–H groups in total. The van der Waals surface area contributed by atoms with Gasteiger partial charge in [0.05, 0.1) is 6.04 Å². The third-order valence-corrected chi connectivity index (χ3v) is 6.51. The summed E-state index contributed by atoms with van der Waals surface area (Å²) in [7, 11) is 0. The molecule has 2 rings (SSSR count). The fourth-order valence-electron chi connectivity index (χ4n) is 4.21. The monoisotopic (exact) mass is 515 g/mol. The van der Waals surface area contributed by atoms with Gasteiger partial charge in [0.15, 0.2) is 0 Å². The number of ketones is 1. The first-order valence-electron chi connectivity index (χ1n) is 13.0. The van der Waals surface area contributed by atoms with Crippen LogP contribution in [0.1, 0.15) is 84.0 Å². The third-order valence-electron chi connectivity index (χ3n) is 6.51. The van der Waals surface area contributed by atoms with Crippen LogP contribution in [0.25, 0.3) is 0 Å². The lowest BCUT2D eigenvalue weighted by molar-refractivity contribution is -0.141. The number of Topliss-reactive ketones (excluding diaryl/α,β-unsaturated/α-hetero) is 1. The van der Waals surface area contributed by atoms with Gasteiger partial charge >= 0.3 is 0 Å². The summed E-state index contributed by atoms with van der Waals surface area (Å²) in [6.07, 6.45) is 7.79. The highest BCUT2D eigenvalue weighted by Crippen LogP contribution is 2.20. The van der Waals surface area contributed by atoms with E-state index in [0.29, 0.717) is 5.56 Å². The van der Waals surface area contributed by atoms with Gasteiger partial charge in [-0.1, -0.05) is 53.9 Å². The van der Waals surface area contributed by atoms with Crippen molar-refractivity contribution in [3.05, 3.63) is 30.1 Å². The van der Waals surface area contributed by atoms with Gasteiger partial charge in [-0.25, -0.2) is 0 Å². The Kier molecular flexibility index (Phi) is 10.8. The Labute approximate surface area is 219 Å². The van der Waals surface area contributed by atoms with Crippen LogP contribution in [-0.2, 0) is 19.2 Å². The number of carbonyl (C=O) groups excluding carboxylic acids is 5. The van der Waals surface area contributed by atoms with Gasteiger partial charge in [-0.05, 0) is 43.2 Å². The van der Waals surface area contributed by atoms with Crippen LogP contribution in [-0.4, -0.2) is 58.6 Å². The van der Waals surface area contributed by atoms with Crippen LogP contribution >= 0.6 is 0 Å². The van der Waals surface area contributed by atoms with Crippen molar-refractivity contribution >= 4 is 29.4 Å². The topological polar surface area (TPSA) is 146 Å². The van der Waals surface area contributed by atoms with Crippen molar-refractivity contribution in [2.75, 3.05) is 0 Å². The average molecular weight is 516 g/mol. The first-order valence-corrected chi connectivity index (χ1v) is 13.0. The SMILES string of the molecule is CC(NC(=O)[C@@H](NC(=O)c1ccncc1)C(C)(C)C)C(=O)NC(C(=O)C(=O)NC1CCCCC1)C(C)C. The molecule has 0 aromatic carbocycles. The van der Waals surface area contributed by atoms with E-state index >= 15 is 0 Å². The van der Waals surface area contributed by atoms with Crippen LogP contribution in [0.15, 0.2) is 24.5 Å². The Morgan fingerprint density at radius 3 is 2.00 bits per heavy atom. The lowest BCUT2D eigenvalue weighted by Gasteiger charge is -2.31. The minimum atomic E-state index is -1.03. The molecular formula is C27H41N5O5. The zero-order chi connectivity index (χ0) is 27.8. The lowest BCUT2D eigenvalue weighted by atomic mass is 9.85. The molecule has 1 aromatic rings. The van der Waals surface area contributed by atoms with E-state index < -0.39 is 53.0 Å². The number of pyridine rings is 1. The van der Waals surface area contributed by atoms with E-state index in [-0.39, 0.29) is 12.0 Å². The molecule has 0 aliphatic heterocycles. The summed E-state index contributed by atoms with van der Waals surface area (Å²) in [4.78, 5) is 68.0. The third kappa shape index (κ3) is 8.94. The molecule has 1 saturated carbocycles. The Bertz CT molecular complexity index is 967. The van der Waals surface area contributed by atoms with Crippen LogP contribution in [0.5, 0.6) is 0 Å². The first-order chi connectivity index (χ1) is 17.3. The molecule has 0 radical (unpaired) electrons. The van der Waals surface area contributed by atoms with E-state index in [1.807, 2.05) is 0 Å². The molecule has 2 unspecified atom stereocenters. The van der Waals surface area contributed by atoms with Gasteiger partial charge < -0.3 is 21.3 Å². The molecule has 37 heavy (non-hydrogen) atoms. The zero-order valence-electron chi connectivity index (χ0n) is 22.7. The molecule has 1 heterocycles. The van der Waals surface area contributed by atoms with Crippen LogP contribution in [0.4, 0.5) is 0 Å². The fraction of sp³-hybridized carbons (Fsp3) is 0.630. The highest BCUT2D eigenvalue weighted by Gasteiger charge is 2.36. The molecule has 0 saturated heterocycles. The van der Waals surface area contributed by atoms with Crippen LogP contribution < -0.4 is 21.3 Å². The Balaban J connectivity index is 2.02. The van der Waals surface area contributed by atoms with Crippen molar-refractivity contribution in [2.45, 2.75) is 97.8 Å². The predicted octanol–water partition coefficient (Wildman–Crippen LogP) is 1.89. The van der Waals surface area contributed by atoms with Crippen LogP contribution in [0.3, 0.4) is 0 Å². The molecule has 4 amide bonds. The first kappa shape index (κ1) is 29.9. The molecule has 10 heteroatoms. The molecule has 204 valence electrons. The van der Waals surface area contributed by atoms with Crippen molar-refractivity contribution in [1.82, 2.24) is 26.3 Å². The Morgan fingerprint density at radius 1 is 0.865 bits per heavy atom. The number of hydrogen-bond acceptors (Lipinski definition) is 6. The highest BCUT2D eigenvalue weighted by molar-refractivity contribution is 6.38. The maximum absolute atomic E-state index is 13.1. The molecular weight excluding hydrogens is 474 g/mol. The fourth-order valence-corrected chi connectivity index (χ4v) is 4.21. The summed E-state index contributed by atoms with van der Waals surface area (Å²) < 4.78 is 0. The van der Waals surface area contributed by atoms with Crippen molar-refractivity contribution in [3.63, 3.8) is 0 Å². The molecule has 1 aromatic heterocycles. The second-order valence-electron chi connectivity index (χ2n) is 11.1. The summed E-state index contributed by atoms with van der Waals surface area (Å²) in [5, 5.41) is 10.8. The van der Waals surface area contributed by atoms with Gasteiger partial charge in [-0.15, -0.1) is 0 Å². The number of nitrogens with zero attached hydrogens (tertiary/aromatic N) is 1. The van der Waals surface area contributed by atoms with Gasteiger partial charge in [-0.3, -0.25) is 29.0 Å². The van der Waals surface area contributed by atoms with Gasteiger partial charge in [0, 0.05) is 24.0 Å². The number of aromatic nitrogens is 1. The molecule has 0 bridgehead atoms. The predicted molar refractivity (Wildman–Crippen MR) is 139 cm³/mol. The van der Waals surface area contributed by atoms with Crippen LogP contribution in [0.2, 0.25) is 0 Å². The number of amides is 4. The standard InChI is InChI=1S/C27H41N5O5/c1-16(2)20(21(33)25(36)30-19-10-8-7-9-11-19)31-23(34)17(3)29-26(37)22(27(4,5)6)32-24(35)18-12-14-28-15-13-18/h12-17,19-20,22H,7-11H2,1-6H3,(H,29,37)(H,30,36)(H,31,34)(H,32,35)/t17?,20?,22-/m1/s1. The lowest BCUT2D eigenvalue weighted by Crippen LogP contribution is -2.59. The van der Waals surface area contributed by atoms with E-state index in [2.05, 4.69) is 26.3 Å². The highest BCUT2D eigenvalue weighted by atomic mass is 16.2. The largest absolute Gasteiger partial charge is 0.347 e. The molecule has 1 aliphatic carbocycles. The molecule has 1 fully saturated rings. The summed E-state index contributed by atoms with van der Waals surface area (Å²) >= 11 is 0. The summed E-state index contributed by atoms with van der Waals surface area (Å²) in [5.41, 5.74) is -0.302. The second-order valence-corrected chi connectivity index (χ2v) is 11.1. The van der Waals surface area contributed by atoms with Crippen LogP contribution in [0, 0.1) is 11.3 Å². The maximum atomic E-state index is 13.1. The van der Waals surface area contributed by atoms with Crippen molar-refractivity contribution in [2.24, 2.45) is 11.3 Å². The average Bonchev–Trinajstić information content (AvgIpc) is 2.85. The summed E-state index contributed by atoms with van der Waals surface area (Å²) in [6, 6.07) is 0.0780. The van der Waals surface area contributed by atoms with Gasteiger partial charge in [0.2, 0.25) is 17.6 Å².